The zero-order valence-corrected chi connectivity index (χ0v) is 14.0. The maximum atomic E-state index is 6.00. The molecule has 0 N–H and O–H groups in total. The molecule has 24 heavy (non-hydrogen) atoms. The zero-order chi connectivity index (χ0) is 16.5. The molecular formula is C16H12Cl2N6. The SMILES string of the molecule is Clc1cc(N2CCc3nc(-c4ncccn4)ncc3C2)cc(Cl)n1. The minimum absolute atomic E-state index is 0.385. The van der Waals surface area contributed by atoms with E-state index >= 15 is 0 Å². The fourth-order valence-electron chi connectivity index (χ4n) is 2.69. The Morgan fingerprint density at radius 2 is 1.67 bits per heavy atom. The summed E-state index contributed by atoms with van der Waals surface area (Å²) in [6.07, 6.45) is 6.01. The lowest BCUT2D eigenvalue weighted by atomic mass is 10.1. The molecule has 0 aromatic carbocycles. The van der Waals surface area contributed by atoms with Crippen molar-refractivity contribution in [3.63, 3.8) is 0 Å². The smallest absolute Gasteiger partial charge is 0.197 e. The third kappa shape index (κ3) is 3.02. The number of halogens is 2. The fourth-order valence-corrected chi connectivity index (χ4v) is 3.14. The molecule has 0 amide bonds. The van der Waals surface area contributed by atoms with E-state index in [0.717, 1.165) is 29.9 Å². The van der Waals surface area contributed by atoms with Gasteiger partial charge in [0.25, 0.3) is 0 Å². The van der Waals surface area contributed by atoms with Gasteiger partial charge in [0, 0.05) is 49.4 Å². The van der Waals surface area contributed by atoms with Crippen LogP contribution in [0.4, 0.5) is 5.69 Å². The van der Waals surface area contributed by atoms with Crippen molar-refractivity contribution in [1.82, 2.24) is 24.9 Å². The molecule has 6 nitrogen and oxygen atoms in total. The Labute approximate surface area is 148 Å². The van der Waals surface area contributed by atoms with Crippen LogP contribution in [0, 0.1) is 0 Å². The van der Waals surface area contributed by atoms with Gasteiger partial charge in [-0.1, -0.05) is 23.2 Å². The first-order valence-corrected chi connectivity index (χ1v) is 8.15. The lowest BCUT2D eigenvalue weighted by Gasteiger charge is -2.30. The molecule has 1 aliphatic rings. The van der Waals surface area contributed by atoms with Gasteiger partial charge >= 0.3 is 0 Å². The van der Waals surface area contributed by atoms with Crippen LogP contribution in [0.2, 0.25) is 10.3 Å². The summed E-state index contributed by atoms with van der Waals surface area (Å²) in [5.41, 5.74) is 3.04. The number of hydrogen-bond donors (Lipinski definition) is 0. The van der Waals surface area contributed by atoms with Gasteiger partial charge in [-0.2, -0.15) is 0 Å². The van der Waals surface area contributed by atoms with Gasteiger partial charge in [0.05, 0.1) is 5.69 Å². The molecule has 0 bridgehead atoms. The number of aromatic nitrogens is 5. The minimum Gasteiger partial charge on any atom is -0.367 e. The van der Waals surface area contributed by atoms with E-state index in [1.54, 1.807) is 18.5 Å². The van der Waals surface area contributed by atoms with E-state index in [2.05, 4.69) is 29.8 Å². The second-order valence-corrected chi connectivity index (χ2v) is 6.15. The molecule has 4 rings (SSSR count). The second kappa shape index (κ2) is 6.30. The van der Waals surface area contributed by atoms with Gasteiger partial charge in [-0.15, -0.1) is 0 Å². The van der Waals surface area contributed by atoms with Gasteiger partial charge in [-0.25, -0.2) is 24.9 Å². The third-order valence-corrected chi connectivity index (χ3v) is 4.20. The molecule has 3 aromatic rings. The van der Waals surface area contributed by atoms with Crippen LogP contribution in [0.1, 0.15) is 11.3 Å². The average Bonchev–Trinajstić information content (AvgIpc) is 2.61. The summed E-state index contributed by atoms with van der Waals surface area (Å²) in [5.74, 6) is 1.09. The van der Waals surface area contributed by atoms with Gasteiger partial charge in [0.1, 0.15) is 10.3 Å². The standard InChI is InChI=1S/C16H12Cl2N6/c17-13-6-11(7-14(18)23-13)24-5-2-12-10(9-24)8-21-16(22-12)15-19-3-1-4-20-15/h1,3-4,6-8H,2,5,9H2. The zero-order valence-electron chi connectivity index (χ0n) is 12.5. The average molecular weight is 359 g/mol. The molecule has 120 valence electrons. The highest BCUT2D eigenvalue weighted by Crippen LogP contribution is 2.27. The van der Waals surface area contributed by atoms with Gasteiger partial charge in [0.15, 0.2) is 11.6 Å². The molecule has 4 heterocycles. The van der Waals surface area contributed by atoms with Crippen LogP contribution < -0.4 is 4.90 Å². The van der Waals surface area contributed by atoms with Gasteiger partial charge in [-0.05, 0) is 18.2 Å². The van der Waals surface area contributed by atoms with Gasteiger partial charge < -0.3 is 4.90 Å². The molecule has 0 spiro atoms. The lowest BCUT2D eigenvalue weighted by molar-refractivity contribution is 0.705. The van der Waals surface area contributed by atoms with Gasteiger partial charge in [0.2, 0.25) is 0 Å². The van der Waals surface area contributed by atoms with Crippen molar-refractivity contribution in [3.05, 3.63) is 58.4 Å². The summed E-state index contributed by atoms with van der Waals surface area (Å²) in [6.45, 7) is 1.51. The normalized spacial score (nSPS) is 13.7. The number of rotatable bonds is 2. The van der Waals surface area contributed by atoms with Crippen LogP contribution >= 0.6 is 23.2 Å². The predicted octanol–water partition coefficient (Wildman–Crippen LogP) is 3.20. The molecule has 8 heteroatoms. The Kier molecular flexibility index (Phi) is 4.00. The molecule has 0 saturated heterocycles. The molecule has 3 aromatic heterocycles. The monoisotopic (exact) mass is 358 g/mol. The van der Waals surface area contributed by atoms with Crippen molar-refractivity contribution in [2.24, 2.45) is 0 Å². The molecule has 0 aliphatic carbocycles. The van der Waals surface area contributed by atoms with Crippen LogP contribution in [0.15, 0.2) is 36.8 Å². The Morgan fingerprint density at radius 3 is 2.42 bits per heavy atom. The van der Waals surface area contributed by atoms with Gasteiger partial charge in [-0.3, -0.25) is 0 Å². The Balaban J connectivity index is 1.62. The molecular weight excluding hydrogens is 347 g/mol. The topological polar surface area (TPSA) is 67.7 Å². The second-order valence-electron chi connectivity index (χ2n) is 5.38. The summed E-state index contributed by atoms with van der Waals surface area (Å²) in [5, 5.41) is 0.771. The number of anilines is 1. The van der Waals surface area contributed by atoms with Crippen LogP contribution in [-0.4, -0.2) is 31.5 Å². The van der Waals surface area contributed by atoms with E-state index in [4.69, 9.17) is 23.2 Å². The summed E-state index contributed by atoms with van der Waals surface area (Å²) in [4.78, 5) is 23.6. The lowest BCUT2D eigenvalue weighted by Crippen LogP contribution is -2.31. The van der Waals surface area contributed by atoms with Crippen LogP contribution in [0.5, 0.6) is 0 Å². The molecule has 1 aliphatic heterocycles. The first-order valence-electron chi connectivity index (χ1n) is 7.39. The number of hydrogen-bond acceptors (Lipinski definition) is 6. The van der Waals surface area contributed by atoms with Crippen LogP contribution in [-0.2, 0) is 13.0 Å². The van der Waals surface area contributed by atoms with Crippen molar-refractivity contribution < 1.29 is 0 Å². The molecule has 0 fully saturated rings. The highest BCUT2D eigenvalue weighted by Gasteiger charge is 2.20. The fraction of sp³-hybridized carbons (Fsp3) is 0.188. The highest BCUT2D eigenvalue weighted by atomic mass is 35.5. The summed E-state index contributed by atoms with van der Waals surface area (Å²) >= 11 is 12.0. The van der Waals surface area contributed by atoms with Crippen molar-refractivity contribution in [1.29, 1.82) is 0 Å². The number of pyridine rings is 1. The van der Waals surface area contributed by atoms with Crippen molar-refractivity contribution in [2.45, 2.75) is 13.0 Å². The summed E-state index contributed by atoms with van der Waals surface area (Å²) in [6, 6.07) is 5.39. The highest BCUT2D eigenvalue weighted by molar-refractivity contribution is 6.32. The van der Waals surface area contributed by atoms with E-state index < -0.39 is 0 Å². The van der Waals surface area contributed by atoms with Crippen LogP contribution in [0.25, 0.3) is 11.6 Å². The third-order valence-electron chi connectivity index (χ3n) is 3.81. The summed E-state index contributed by atoms with van der Waals surface area (Å²) in [7, 11) is 0. The first kappa shape index (κ1) is 15.2. The Bertz CT molecular complexity index is 867. The summed E-state index contributed by atoms with van der Waals surface area (Å²) < 4.78 is 0. The van der Waals surface area contributed by atoms with E-state index in [1.165, 1.54) is 0 Å². The predicted molar refractivity (Wildman–Crippen MR) is 92.1 cm³/mol. The molecule has 0 unspecified atom stereocenters. The Morgan fingerprint density at radius 1 is 0.917 bits per heavy atom. The minimum atomic E-state index is 0.385. The largest absolute Gasteiger partial charge is 0.367 e. The van der Waals surface area contributed by atoms with Crippen molar-refractivity contribution >= 4 is 28.9 Å². The van der Waals surface area contributed by atoms with E-state index in [0.29, 0.717) is 28.5 Å². The van der Waals surface area contributed by atoms with E-state index in [1.807, 2.05) is 18.3 Å². The molecule has 0 saturated carbocycles. The quantitative estimate of drug-likeness (QED) is 0.655. The first-order chi connectivity index (χ1) is 11.7. The Hall–Kier alpha value is -2.31. The van der Waals surface area contributed by atoms with E-state index in [-0.39, 0.29) is 0 Å². The maximum Gasteiger partial charge on any atom is 0.197 e. The molecule has 0 atom stereocenters. The number of fused-ring (bicyclic) bond motifs is 1. The number of nitrogens with zero attached hydrogens (tertiary/aromatic N) is 6. The molecule has 0 radical (unpaired) electrons. The van der Waals surface area contributed by atoms with Crippen molar-refractivity contribution in [3.8, 4) is 11.6 Å². The van der Waals surface area contributed by atoms with E-state index in [9.17, 15) is 0 Å². The van der Waals surface area contributed by atoms with Crippen LogP contribution in [0.3, 0.4) is 0 Å². The van der Waals surface area contributed by atoms with Crippen molar-refractivity contribution in [2.75, 3.05) is 11.4 Å². The maximum absolute atomic E-state index is 6.00.